The Hall–Kier alpha value is -2.29. The van der Waals surface area contributed by atoms with Gasteiger partial charge in [0.1, 0.15) is 5.75 Å². The van der Waals surface area contributed by atoms with E-state index in [0.717, 1.165) is 17.9 Å². The van der Waals surface area contributed by atoms with Crippen LogP contribution in [0, 0.1) is 0 Å². The maximum Gasteiger partial charge on any atom is 0.205 e. The average Bonchev–Trinajstić information content (AvgIpc) is 2.54. The predicted molar refractivity (Wildman–Crippen MR) is 79.5 cm³/mol. The number of carbonyl (C=O) groups is 1. The fourth-order valence-corrected chi connectivity index (χ4v) is 2.35. The van der Waals surface area contributed by atoms with Crippen molar-refractivity contribution in [2.45, 2.75) is 19.4 Å². The van der Waals surface area contributed by atoms with Crippen LogP contribution in [0.15, 0.2) is 48.5 Å². The molecular formula is C17H17NO2. The summed E-state index contributed by atoms with van der Waals surface area (Å²) in [6.07, 6.45) is 0.515. The Balaban J connectivity index is 1.78. The molecule has 1 unspecified atom stereocenters. The predicted octanol–water partition coefficient (Wildman–Crippen LogP) is 3.30. The first kappa shape index (κ1) is 12.7. The normalized spacial score (nSPS) is 16.8. The van der Waals surface area contributed by atoms with Gasteiger partial charge in [-0.1, -0.05) is 43.3 Å². The summed E-state index contributed by atoms with van der Waals surface area (Å²) in [6, 6.07) is 15.4. The first-order valence-electron chi connectivity index (χ1n) is 6.90. The molecule has 1 heterocycles. The molecule has 1 atom stereocenters. The summed E-state index contributed by atoms with van der Waals surface area (Å²) in [6.45, 7) is 2.60. The largest absolute Gasteiger partial charge is 0.478 e. The van der Waals surface area contributed by atoms with Gasteiger partial charge in [-0.25, -0.2) is 0 Å². The number of hydrogen-bond acceptors (Lipinski definition) is 3. The van der Waals surface area contributed by atoms with Gasteiger partial charge in [-0.3, -0.25) is 4.79 Å². The van der Waals surface area contributed by atoms with Crippen molar-refractivity contribution in [1.82, 2.24) is 0 Å². The van der Waals surface area contributed by atoms with Gasteiger partial charge in [-0.05, 0) is 24.1 Å². The fraction of sp³-hybridized carbons (Fsp3) is 0.235. The minimum Gasteiger partial charge on any atom is -0.478 e. The number of ketones is 1. The van der Waals surface area contributed by atoms with Crippen molar-refractivity contribution in [3.8, 4) is 5.75 Å². The molecule has 3 nitrogen and oxygen atoms in total. The molecule has 0 fully saturated rings. The molecule has 0 radical (unpaired) electrons. The lowest BCUT2D eigenvalue weighted by atomic mass is 10.0. The molecule has 2 aromatic rings. The highest BCUT2D eigenvalue weighted by atomic mass is 16.5. The summed E-state index contributed by atoms with van der Waals surface area (Å²) in [7, 11) is 0. The van der Waals surface area contributed by atoms with Gasteiger partial charge in [0.25, 0.3) is 0 Å². The molecule has 0 aliphatic carbocycles. The molecule has 0 amide bonds. The number of carbonyl (C=O) groups excluding carboxylic acids is 1. The van der Waals surface area contributed by atoms with Crippen molar-refractivity contribution >= 4 is 11.5 Å². The van der Waals surface area contributed by atoms with Crippen LogP contribution in [0.4, 0.5) is 5.69 Å². The van der Waals surface area contributed by atoms with Crippen LogP contribution in [0.5, 0.6) is 5.75 Å². The quantitative estimate of drug-likeness (QED) is 0.867. The third-order valence-corrected chi connectivity index (χ3v) is 3.57. The molecule has 3 rings (SSSR count). The number of para-hydroxylation sites is 2. The van der Waals surface area contributed by atoms with Crippen molar-refractivity contribution in [3.63, 3.8) is 0 Å². The first-order valence-corrected chi connectivity index (χ1v) is 6.90. The zero-order chi connectivity index (χ0) is 13.9. The van der Waals surface area contributed by atoms with E-state index < -0.39 is 6.10 Å². The van der Waals surface area contributed by atoms with E-state index in [9.17, 15) is 4.79 Å². The number of aryl methyl sites for hydroxylation is 1. The topological polar surface area (TPSA) is 38.3 Å². The molecule has 0 aromatic heterocycles. The van der Waals surface area contributed by atoms with E-state index in [1.165, 1.54) is 5.56 Å². The lowest BCUT2D eigenvalue weighted by Crippen LogP contribution is -2.37. The molecule has 1 aliphatic rings. The number of Topliss-reactive ketones (excluding diaryl/α,β-unsaturated/α-hetero) is 1. The second-order valence-corrected chi connectivity index (χ2v) is 4.90. The number of anilines is 1. The van der Waals surface area contributed by atoms with E-state index >= 15 is 0 Å². The number of hydrogen-bond donors (Lipinski definition) is 1. The average molecular weight is 267 g/mol. The van der Waals surface area contributed by atoms with E-state index in [2.05, 4.69) is 12.2 Å². The highest BCUT2D eigenvalue weighted by Crippen LogP contribution is 2.29. The molecule has 20 heavy (non-hydrogen) atoms. The lowest BCUT2D eigenvalue weighted by Gasteiger charge is -2.26. The van der Waals surface area contributed by atoms with Gasteiger partial charge >= 0.3 is 0 Å². The first-order chi connectivity index (χ1) is 9.78. The van der Waals surface area contributed by atoms with Crippen molar-refractivity contribution in [2.24, 2.45) is 0 Å². The minimum absolute atomic E-state index is 0.0228. The van der Waals surface area contributed by atoms with Gasteiger partial charge in [0.2, 0.25) is 5.78 Å². The molecular weight excluding hydrogens is 250 g/mol. The second-order valence-electron chi connectivity index (χ2n) is 4.90. The molecule has 0 spiro atoms. The third-order valence-electron chi connectivity index (χ3n) is 3.57. The van der Waals surface area contributed by atoms with Crippen LogP contribution < -0.4 is 10.1 Å². The maximum absolute atomic E-state index is 12.4. The highest BCUT2D eigenvalue weighted by Gasteiger charge is 2.26. The van der Waals surface area contributed by atoms with E-state index in [1.807, 2.05) is 48.5 Å². The van der Waals surface area contributed by atoms with Gasteiger partial charge in [0.15, 0.2) is 6.10 Å². The van der Waals surface area contributed by atoms with Crippen LogP contribution in [0.25, 0.3) is 0 Å². The number of rotatable bonds is 3. The molecule has 1 N–H and O–H groups in total. The lowest BCUT2D eigenvalue weighted by molar-refractivity contribution is 0.0801. The Morgan fingerprint density at radius 2 is 1.95 bits per heavy atom. The van der Waals surface area contributed by atoms with E-state index in [4.69, 9.17) is 4.74 Å². The van der Waals surface area contributed by atoms with Crippen LogP contribution in [0.1, 0.15) is 22.8 Å². The van der Waals surface area contributed by atoms with Crippen molar-refractivity contribution in [2.75, 3.05) is 11.9 Å². The smallest absolute Gasteiger partial charge is 0.205 e. The Kier molecular flexibility index (Phi) is 3.42. The van der Waals surface area contributed by atoms with Crippen LogP contribution in [-0.4, -0.2) is 18.4 Å². The van der Waals surface area contributed by atoms with Crippen molar-refractivity contribution in [1.29, 1.82) is 0 Å². The number of fused-ring (bicyclic) bond motifs is 1. The molecule has 0 saturated heterocycles. The number of nitrogens with one attached hydrogen (secondary N) is 1. The summed E-state index contributed by atoms with van der Waals surface area (Å²) >= 11 is 0. The Bertz CT molecular complexity index is 619. The van der Waals surface area contributed by atoms with Crippen LogP contribution >= 0.6 is 0 Å². The Labute approximate surface area is 118 Å². The van der Waals surface area contributed by atoms with E-state index in [0.29, 0.717) is 12.1 Å². The van der Waals surface area contributed by atoms with Gasteiger partial charge in [0.05, 0.1) is 12.2 Å². The Morgan fingerprint density at radius 1 is 1.20 bits per heavy atom. The van der Waals surface area contributed by atoms with E-state index in [-0.39, 0.29) is 5.78 Å². The summed E-state index contributed by atoms with van der Waals surface area (Å²) < 4.78 is 5.79. The monoisotopic (exact) mass is 267 g/mol. The standard InChI is InChI=1S/C17H17NO2/c1-2-12-7-9-13(10-8-12)17(19)16-11-18-14-5-3-4-6-15(14)20-16/h3-10,16,18H,2,11H2,1H3. The molecule has 3 heteroatoms. The minimum atomic E-state index is -0.461. The van der Waals surface area contributed by atoms with Gasteiger partial charge < -0.3 is 10.1 Å². The fourth-order valence-electron chi connectivity index (χ4n) is 2.35. The zero-order valence-electron chi connectivity index (χ0n) is 11.4. The zero-order valence-corrected chi connectivity index (χ0v) is 11.4. The maximum atomic E-state index is 12.4. The number of ether oxygens (including phenoxy) is 1. The van der Waals surface area contributed by atoms with Crippen LogP contribution in [0.2, 0.25) is 0 Å². The van der Waals surface area contributed by atoms with Crippen LogP contribution in [-0.2, 0) is 6.42 Å². The molecule has 102 valence electrons. The number of benzene rings is 2. The summed E-state index contributed by atoms with van der Waals surface area (Å²) in [5, 5.41) is 3.24. The SMILES string of the molecule is CCc1ccc(C(=O)C2CNc3ccccc3O2)cc1. The second kappa shape index (κ2) is 5.37. The summed E-state index contributed by atoms with van der Waals surface area (Å²) in [4.78, 5) is 12.4. The van der Waals surface area contributed by atoms with Gasteiger partial charge in [0, 0.05) is 5.56 Å². The highest BCUT2D eigenvalue weighted by molar-refractivity contribution is 6.00. The van der Waals surface area contributed by atoms with Crippen molar-refractivity contribution in [3.05, 3.63) is 59.7 Å². The Morgan fingerprint density at radius 3 is 2.70 bits per heavy atom. The molecule has 1 aliphatic heterocycles. The van der Waals surface area contributed by atoms with E-state index in [1.54, 1.807) is 0 Å². The molecule has 0 saturated carbocycles. The molecule has 2 aromatic carbocycles. The van der Waals surface area contributed by atoms with Gasteiger partial charge in [-0.15, -0.1) is 0 Å². The third kappa shape index (κ3) is 2.39. The molecule has 0 bridgehead atoms. The van der Waals surface area contributed by atoms with Gasteiger partial charge in [-0.2, -0.15) is 0 Å². The van der Waals surface area contributed by atoms with Crippen molar-refractivity contribution < 1.29 is 9.53 Å². The summed E-state index contributed by atoms with van der Waals surface area (Å²) in [5.41, 5.74) is 2.88. The van der Waals surface area contributed by atoms with Crippen LogP contribution in [0.3, 0.4) is 0 Å². The summed E-state index contributed by atoms with van der Waals surface area (Å²) in [5.74, 6) is 0.761.